The molecular weight excluding hydrogens is 320 g/mol. The minimum atomic E-state index is -0.682. The molecule has 0 aliphatic heterocycles. The van der Waals surface area contributed by atoms with Gasteiger partial charge in [0.2, 0.25) is 0 Å². The van der Waals surface area contributed by atoms with Gasteiger partial charge in [-0.25, -0.2) is 0 Å². The maximum absolute atomic E-state index is 11.8. The van der Waals surface area contributed by atoms with Crippen LogP contribution in [0.3, 0.4) is 0 Å². The Kier molecular flexibility index (Phi) is 15.6. The number of ketones is 1. The van der Waals surface area contributed by atoms with E-state index in [1.165, 1.54) is 31.4 Å². The lowest BCUT2D eigenvalue weighted by molar-refractivity contribution is -0.137. The van der Waals surface area contributed by atoms with Gasteiger partial charge in [0.25, 0.3) is 0 Å². The summed E-state index contributed by atoms with van der Waals surface area (Å²) in [7, 11) is 0. The maximum atomic E-state index is 11.8. The Balaban J connectivity index is 3.23. The van der Waals surface area contributed by atoms with Gasteiger partial charge in [-0.1, -0.05) is 46.5 Å². The minimum absolute atomic E-state index is 0.309. The molecular formula is C20H38O3S. The van der Waals surface area contributed by atoms with Crippen molar-refractivity contribution >= 4 is 23.5 Å². The number of carboxylic acids is 1. The number of carboxylic acid groups (broad SMARTS) is 1. The molecule has 0 amide bonds. The topological polar surface area (TPSA) is 54.4 Å². The second kappa shape index (κ2) is 16.0. The van der Waals surface area contributed by atoms with Crippen LogP contribution in [0.4, 0.5) is 0 Å². The van der Waals surface area contributed by atoms with Gasteiger partial charge >= 0.3 is 5.97 Å². The lowest BCUT2D eigenvalue weighted by Gasteiger charge is -2.14. The largest absolute Gasteiger partial charge is 0.481 e. The van der Waals surface area contributed by atoms with Crippen LogP contribution in [0.25, 0.3) is 0 Å². The van der Waals surface area contributed by atoms with Crippen molar-refractivity contribution in [3.63, 3.8) is 0 Å². The van der Waals surface area contributed by atoms with Crippen molar-refractivity contribution in [1.29, 1.82) is 0 Å². The van der Waals surface area contributed by atoms with E-state index in [4.69, 9.17) is 5.11 Å². The fraction of sp³-hybridized carbons (Fsp3) is 0.900. The Labute approximate surface area is 153 Å². The van der Waals surface area contributed by atoms with Gasteiger partial charge in [-0.05, 0) is 49.0 Å². The van der Waals surface area contributed by atoms with Crippen LogP contribution in [0.2, 0.25) is 0 Å². The second-order valence-corrected chi connectivity index (χ2v) is 8.52. The molecule has 0 saturated heterocycles. The average molecular weight is 359 g/mol. The Morgan fingerprint density at radius 1 is 0.792 bits per heavy atom. The number of unbranched alkanes of at least 4 members (excludes halogenated alkanes) is 6. The summed E-state index contributed by atoms with van der Waals surface area (Å²) in [5, 5.41) is 8.54. The van der Waals surface area contributed by atoms with E-state index in [1.807, 2.05) is 11.8 Å². The van der Waals surface area contributed by atoms with Crippen molar-refractivity contribution in [2.75, 3.05) is 11.5 Å². The van der Waals surface area contributed by atoms with Gasteiger partial charge in [0, 0.05) is 19.3 Å². The van der Waals surface area contributed by atoms with E-state index in [2.05, 4.69) is 20.8 Å². The lowest BCUT2D eigenvalue weighted by Crippen LogP contribution is -2.10. The number of hydrogen-bond donors (Lipinski definition) is 1. The minimum Gasteiger partial charge on any atom is -0.481 e. The van der Waals surface area contributed by atoms with Crippen molar-refractivity contribution in [1.82, 2.24) is 0 Å². The van der Waals surface area contributed by atoms with Crippen LogP contribution >= 0.6 is 11.8 Å². The fourth-order valence-electron chi connectivity index (χ4n) is 2.51. The fourth-order valence-corrected chi connectivity index (χ4v) is 3.53. The molecule has 1 unspecified atom stereocenters. The van der Waals surface area contributed by atoms with Crippen LogP contribution in [0.1, 0.15) is 91.4 Å². The van der Waals surface area contributed by atoms with Crippen LogP contribution < -0.4 is 0 Å². The first kappa shape index (κ1) is 23.5. The number of rotatable bonds is 17. The quantitative estimate of drug-likeness (QED) is 0.326. The summed E-state index contributed by atoms with van der Waals surface area (Å²) in [4.78, 5) is 22.2. The highest BCUT2D eigenvalue weighted by atomic mass is 32.2. The molecule has 3 nitrogen and oxygen atoms in total. The molecule has 0 aromatic heterocycles. The van der Waals surface area contributed by atoms with E-state index < -0.39 is 5.97 Å². The summed E-state index contributed by atoms with van der Waals surface area (Å²) in [6, 6.07) is 0. The molecule has 0 spiro atoms. The number of Topliss-reactive ketones (excluding diaryl/α,β-unsaturated/α-hetero) is 1. The third-order valence-corrected chi connectivity index (χ3v) is 5.77. The first-order valence-corrected chi connectivity index (χ1v) is 10.9. The molecule has 0 radical (unpaired) electrons. The zero-order valence-corrected chi connectivity index (χ0v) is 16.8. The first-order chi connectivity index (χ1) is 11.4. The van der Waals surface area contributed by atoms with Crippen LogP contribution in [-0.4, -0.2) is 28.4 Å². The van der Waals surface area contributed by atoms with Crippen LogP contribution in [0.5, 0.6) is 0 Å². The third-order valence-electron chi connectivity index (χ3n) is 4.61. The van der Waals surface area contributed by atoms with E-state index in [0.29, 0.717) is 24.0 Å². The smallest absolute Gasteiger partial charge is 0.303 e. The number of carbonyl (C=O) groups is 2. The molecule has 0 aliphatic carbocycles. The van der Waals surface area contributed by atoms with Crippen molar-refractivity contribution in [3.05, 3.63) is 0 Å². The van der Waals surface area contributed by atoms with Crippen LogP contribution in [0.15, 0.2) is 0 Å². The number of aliphatic carboxylic acids is 1. The van der Waals surface area contributed by atoms with E-state index in [0.717, 1.165) is 44.3 Å². The molecule has 0 aliphatic rings. The zero-order chi connectivity index (χ0) is 18.2. The standard InChI is InChI=1S/C20H38O3S/c1-17(2)18(3)16-19(21)12-8-5-4-6-10-14-24-15-11-7-9-13-20(22)23/h17-18H,4-16H2,1-3H3,(H,22,23). The Hall–Kier alpha value is -0.510. The number of thioether (sulfide) groups is 1. The SMILES string of the molecule is CC(C)C(C)CC(=O)CCCCCCCSCCCCCC(=O)O. The van der Waals surface area contributed by atoms with Crippen LogP contribution in [0, 0.1) is 11.8 Å². The Morgan fingerprint density at radius 2 is 1.29 bits per heavy atom. The highest BCUT2D eigenvalue weighted by molar-refractivity contribution is 7.99. The van der Waals surface area contributed by atoms with Gasteiger partial charge in [0.15, 0.2) is 0 Å². The molecule has 4 heteroatoms. The number of hydrogen-bond acceptors (Lipinski definition) is 3. The molecule has 0 heterocycles. The highest BCUT2D eigenvalue weighted by Crippen LogP contribution is 2.17. The number of carbonyl (C=O) groups excluding carboxylic acids is 1. The second-order valence-electron chi connectivity index (χ2n) is 7.30. The van der Waals surface area contributed by atoms with Crippen molar-refractivity contribution in [2.24, 2.45) is 11.8 Å². The summed E-state index contributed by atoms with van der Waals surface area (Å²) in [5.41, 5.74) is 0. The van der Waals surface area contributed by atoms with Gasteiger partial charge in [-0.2, -0.15) is 11.8 Å². The van der Waals surface area contributed by atoms with Crippen molar-refractivity contribution in [3.8, 4) is 0 Å². The molecule has 0 fully saturated rings. The Bertz CT molecular complexity index is 329. The van der Waals surface area contributed by atoms with Gasteiger partial charge in [-0.3, -0.25) is 9.59 Å². The van der Waals surface area contributed by atoms with Gasteiger partial charge in [-0.15, -0.1) is 0 Å². The highest BCUT2D eigenvalue weighted by Gasteiger charge is 2.11. The predicted molar refractivity (Wildman–Crippen MR) is 105 cm³/mol. The molecule has 1 N–H and O–H groups in total. The normalized spacial score (nSPS) is 12.5. The monoisotopic (exact) mass is 358 g/mol. The van der Waals surface area contributed by atoms with Gasteiger partial charge < -0.3 is 5.11 Å². The van der Waals surface area contributed by atoms with E-state index in [-0.39, 0.29) is 0 Å². The molecule has 0 aromatic carbocycles. The average Bonchev–Trinajstić information content (AvgIpc) is 2.51. The third kappa shape index (κ3) is 16.4. The lowest BCUT2D eigenvalue weighted by atomic mass is 9.91. The molecule has 142 valence electrons. The van der Waals surface area contributed by atoms with Crippen molar-refractivity contribution < 1.29 is 14.7 Å². The molecule has 0 saturated carbocycles. The van der Waals surface area contributed by atoms with Gasteiger partial charge in [0.05, 0.1) is 0 Å². The maximum Gasteiger partial charge on any atom is 0.303 e. The van der Waals surface area contributed by atoms with E-state index in [9.17, 15) is 9.59 Å². The van der Waals surface area contributed by atoms with Crippen LogP contribution in [-0.2, 0) is 9.59 Å². The van der Waals surface area contributed by atoms with E-state index in [1.54, 1.807) is 0 Å². The van der Waals surface area contributed by atoms with Gasteiger partial charge in [0.1, 0.15) is 5.78 Å². The molecule has 1 atom stereocenters. The Morgan fingerprint density at radius 3 is 1.88 bits per heavy atom. The summed E-state index contributed by atoms with van der Waals surface area (Å²) in [6.07, 6.45) is 10.8. The zero-order valence-electron chi connectivity index (χ0n) is 16.0. The summed E-state index contributed by atoms with van der Waals surface area (Å²) < 4.78 is 0. The predicted octanol–water partition coefficient (Wildman–Crippen LogP) is 5.96. The molecule has 0 bridgehead atoms. The summed E-state index contributed by atoms with van der Waals surface area (Å²) >= 11 is 1.99. The first-order valence-electron chi connectivity index (χ1n) is 9.74. The summed E-state index contributed by atoms with van der Waals surface area (Å²) in [5.74, 6) is 3.24. The summed E-state index contributed by atoms with van der Waals surface area (Å²) in [6.45, 7) is 6.55. The molecule has 24 heavy (non-hydrogen) atoms. The molecule has 0 rings (SSSR count). The molecule has 0 aromatic rings. The van der Waals surface area contributed by atoms with E-state index >= 15 is 0 Å². The van der Waals surface area contributed by atoms with Crippen molar-refractivity contribution in [2.45, 2.75) is 91.4 Å².